The third-order valence-electron chi connectivity index (χ3n) is 7.96. The van der Waals surface area contributed by atoms with E-state index in [1.165, 1.54) is 87.4 Å². The third-order valence-corrected chi connectivity index (χ3v) is 12.9. The van der Waals surface area contributed by atoms with Gasteiger partial charge in [-0.2, -0.15) is 0 Å². The Labute approximate surface area is 244 Å². The number of hydrogen-bond donors (Lipinski definition) is 0. The fourth-order valence-corrected chi connectivity index (χ4v) is 10.1. The first-order valence-corrected chi connectivity index (χ1v) is 22.4. The third kappa shape index (κ3) is 14.8. The van der Waals surface area contributed by atoms with E-state index in [-0.39, 0.29) is 12.2 Å². The van der Waals surface area contributed by atoms with Crippen LogP contribution in [0.3, 0.4) is 0 Å². The molecule has 0 aliphatic heterocycles. The summed E-state index contributed by atoms with van der Waals surface area (Å²) in [7, 11) is -3.48. The zero-order valence-corrected chi connectivity index (χ0v) is 28.4. The van der Waals surface area contributed by atoms with E-state index >= 15 is 0 Å². The second kappa shape index (κ2) is 19.0. The summed E-state index contributed by atoms with van der Waals surface area (Å²) in [6.45, 7) is 14.3. The Bertz CT molecular complexity index is 782. The van der Waals surface area contributed by atoms with Gasteiger partial charge in [0.05, 0.1) is 0 Å². The Hall–Kier alpha value is -1.21. The molecule has 0 radical (unpaired) electrons. The highest BCUT2D eigenvalue weighted by molar-refractivity contribution is 6.71. The molecule has 0 bridgehead atoms. The molecule has 0 saturated heterocycles. The molecule has 2 unspecified atom stereocenters. The lowest BCUT2D eigenvalue weighted by atomic mass is 9.99. The first-order chi connectivity index (χ1) is 18.8. The summed E-state index contributed by atoms with van der Waals surface area (Å²) in [6, 6.07) is 24.4. The van der Waals surface area contributed by atoms with Crippen LogP contribution in [0.1, 0.15) is 121 Å². The van der Waals surface area contributed by atoms with E-state index in [1.807, 2.05) is 0 Å². The van der Waals surface area contributed by atoms with Crippen LogP contribution in [0, 0.1) is 0 Å². The Morgan fingerprint density at radius 3 is 1.21 bits per heavy atom. The van der Waals surface area contributed by atoms with E-state index < -0.39 is 16.6 Å². The van der Waals surface area contributed by atoms with Crippen molar-refractivity contribution in [2.75, 3.05) is 0 Å². The van der Waals surface area contributed by atoms with Crippen molar-refractivity contribution in [1.29, 1.82) is 0 Å². The van der Waals surface area contributed by atoms with Crippen molar-refractivity contribution in [2.24, 2.45) is 0 Å². The molecule has 0 fully saturated rings. The Morgan fingerprint density at radius 2 is 0.846 bits per heavy atom. The fourth-order valence-electron chi connectivity index (χ4n) is 5.61. The summed E-state index contributed by atoms with van der Waals surface area (Å²) in [5.74, 6) is 0. The lowest BCUT2D eigenvalue weighted by Gasteiger charge is -2.42. The zero-order valence-electron chi connectivity index (χ0n) is 26.4. The molecule has 2 nitrogen and oxygen atoms in total. The van der Waals surface area contributed by atoms with Crippen molar-refractivity contribution in [3.8, 4) is 0 Å². The highest BCUT2D eigenvalue weighted by Gasteiger charge is 2.20. The van der Waals surface area contributed by atoms with E-state index in [9.17, 15) is 0 Å². The first kappa shape index (κ1) is 34.0. The lowest BCUT2D eigenvalue weighted by molar-refractivity contribution is 0.152. The smallest absolute Gasteiger partial charge is 0.0415 e. The first-order valence-electron chi connectivity index (χ1n) is 16.2. The second-order valence-corrected chi connectivity index (χ2v) is 21.3. The van der Waals surface area contributed by atoms with Crippen molar-refractivity contribution in [3.63, 3.8) is 0 Å². The van der Waals surface area contributed by atoms with Crippen molar-refractivity contribution >= 4 is 16.6 Å². The van der Waals surface area contributed by atoms with Crippen LogP contribution in [-0.4, -0.2) is 16.6 Å². The van der Waals surface area contributed by atoms with Gasteiger partial charge in [-0.3, -0.25) is 0 Å². The monoisotopic (exact) mass is 568 g/mol. The molecule has 2 atom stereocenters. The summed E-state index contributed by atoms with van der Waals surface area (Å²) in [5.41, 5.74) is 2.67. The predicted molar refractivity (Wildman–Crippen MR) is 176 cm³/mol. The SMILES string of the molecule is CCCCCCC[Si-](C)(C)OC(CCCC(O[Si-](C)(C)CCCCCCC)c1ccccc1)c1ccccc1. The molecule has 0 saturated carbocycles. The topological polar surface area (TPSA) is 18.5 Å². The highest BCUT2D eigenvalue weighted by atomic mass is 28.4. The highest BCUT2D eigenvalue weighted by Crippen LogP contribution is 2.34. The fraction of sp³-hybridized carbons (Fsp3) is 0.657. The quantitative estimate of drug-likeness (QED) is 0.104. The molecule has 2 aromatic carbocycles. The number of unbranched alkanes of at least 4 members (excludes halogenated alkanes) is 8. The minimum atomic E-state index is -1.74. The van der Waals surface area contributed by atoms with Gasteiger partial charge in [-0.1, -0.05) is 139 Å². The van der Waals surface area contributed by atoms with Crippen LogP contribution >= 0.6 is 0 Å². The Morgan fingerprint density at radius 1 is 0.487 bits per heavy atom. The summed E-state index contributed by atoms with van der Waals surface area (Å²) in [4.78, 5) is 0. The van der Waals surface area contributed by atoms with Crippen molar-refractivity contribution in [2.45, 2.75) is 148 Å². The van der Waals surface area contributed by atoms with Gasteiger partial charge in [0.1, 0.15) is 0 Å². The van der Waals surface area contributed by atoms with Gasteiger partial charge in [-0.15, -0.1) is 38.3 Å². The molecule has 0 amide bonds. The van der Waals surface area contributed by atoms with Crippen LogP contribution in [0.25, 0.3) is 0 Å². The number of benzene rings is 2. The maximum absolute atomic E-state index is 7.01. The number of rotatable bonds is 22. The minimum absolute atomic E-state index is 0.184. The molecule has 2 aromatic rings. The van der Waals surface area contributed by atoms with Gasteiger partial charge in [0.25, 0.3) is 0 Å². The van der Waals surface area contributed by atoms with E-state index in [0.29, 0.717) is 0 Å². The Balaban J connectivity index is 2.01. The van der Waals surface area contributed by atoms with Crippen LogP contribution < -0.4 is 0 Å². The predicted octanol–water partition coefficient (Wildman–Crippen LogP) is 12.0. The van der Waals surface area contributed by atoms with Crippen LogP contribution in [0.5, 0.6) is 0 Å². The maximum atomic E-state index is 7.01. The molecule has 0 heterocycles. The molecule has 39 heavy (non-hydrogen) atoms. The normalized spacial score (nSPS) is 13.9. The van der Waals surface area contributed by atoms with E-state index in [0.717, 1.165) is 19.3 Å². The van der Waals surface area contributed by atoms with E-state index in [1.54, 1.807) is 0 Å². The van der Waals surface area contributed by atoms with Crippen molar-refractivity contribution < 1.29 is 8.85 Å². The van der Waals surface area contributed by atoms with Crippen molar-refractivity contribution in [1.82, 2.24) is 0 Å². The second-order valence-electron chi connectivity index (χ2n) is 12.8. The average Bonchev–Trinajstić information content (AvgIpc) is 2.92. The molecule has 0 N–H and O–H groups in total. The molecule has 4 heteroatoms. The van der Waals surface area contributed by atoms with Crippen LogP contribution in [-0.2, 0) is 8.85 Å². The Kier molecular flexibility index (Phi) is 16.6. The summed E-state index contributed by atoms with van der Waals surface area (Å²) in [5, 5.41) is 0. The molecule has 2 rings (SSSR count). The molecular weight excluding hydrogens is 509 g/mol. The van der Waals surface area contributed by atoms with Gasteiger partial charge in [-0.05, 0) is 47.0 Å². The minimum Gasteiger partial charge on any atom is -0.559 e. The molecule has 0 aromatic heterocycles. The summed E-state index contributed by atoms with van der Waals surface area (Å²) < 4.78 is 14.0. The van der Waals surface area contributed by atoms with Crippen LogP contribution in [0.4, 0.5) is 0 Å². The van der Waals surface area contributed by atoms with Gasteiger partial charge >= 0.3 is 0 Å². The molecule has 0 aliphatic rings. The van der Waals surface area contributed by atoms with E-state index in [4.69, 9.17) is 8.85 Å². The standard InChI is InChI=1S/C35H60O2Si2/c1-7-9-11-13-21-30-38(3,4)36-34(32-24-17-15-18-25-32)28-23-29-35(33-26-19-16-20-27-33)37-39(5,6)31-22-14-12-10-8-2/h15-20,24-27,34-35H,7-14,21-23,28-31H2,1-6H3/q-2. The number of hydrogen-bond acceptors (Lipinski definition) is 2. The zero-order chi connectivity index (χ0) is 28.4. The van der Waals surface area contributed by atoms with Gasteiger partial charge < -0.3 is 8.85 Å². The van der Waals surface area contributed by atoms with E-state index in [2.05, 4.69) is 101 Å². The molecule has 222 valence electrons. The summed E-state index contributed by atoms with van der Waals surface area (Å²) >= 11 is 0. The van der Waals surface area contributed by atoms with Gasteiger partial charge in [0.15, 0.2) is 0 Å². The van der Waals surface area contributed by atoms with Gasteiger partial charge in [-0.25, -0.2) is 0 Å². The van der Waals surface area contributed by atoms with Crippen molar-refractivity contribution in [3.05, 3.63) is 71.8 Å². The van der Waals surface area contributed by atoms with Crippen LogP contribution in [0.15, 0.2) is 60.7 Å². The van der Waals surface area contributed by atoms with Gasteiger partial charge in [0, 0.05) is 12.2 Å². The van der Waals surface area contributed by atoms with Crippen LogP contribution in [0.2, 0.25) is 38.3 Å². The summed E-state index contributed by atoms with van der Waals surface area (Å²) in [6.07, 6.45) is 17.0. The lowest BCUT2D eigenvalue weighted by Crippen LogP contribution is -2.33. The molecular formula is C35H60O2Si2-2. The molecule has 0 aliphatic carbocycles. The molecule has 0 spiro atoms. The maximum Gasteiger partial charge on any atom is 0.0415 e. The largest absolute Gasteiger partial charge is 0.559 e. The average molecular weight is 569 g/mol. The van der Waals surface area contributed by atoms with Gasteiger partial charge in [0.2, 0.25) is 0 Å².